The fraction of sp³-hybridized carbons (Fsp3) is 0.0714. The van der Waals surface area contributed by atoms with Gasteiger partial charge in [0.05, 0.1) is 18.9 Å². The predicted octanol–water partition coefficient (Wildman–Crippen LogP) is 1.48. The van der Waals surface area contributed by atoms with Gasteiger partial charge in [0.1, 0.15) is 5.76 Å². The average Bonchev–Trinajstić information content (AvgIpc) is 3.15. The minimum absolute atomic E-state index is 0.0198. The number of rotatable bonds is 2. The number of aliphatic imine (C=N–C) groups is 1. The first-order valence-corrected chi connectivity index (χ1v) is 6.16. The van der Waals surface area contributed by atoms with Crippen LogP contribution in [0.15, 0.2) is 57.4 Å². The van der Waals surface area contributed by atoms with Gasteiger partial charge in [-0.3, -0.25) is 14.6 Å². The molecule has 2 amide bonds. The zero-order valence-corrected chi connectivity index (χ0v) is 10.8. The zero-order valence-electron chi connectivity index (χ0n) is 10.8. The summed E-state index contributed by atoms with van der Waals surface area (Å²) in [7, 11) is 0. The number of aromatic nitrogens is 1. The lowest BCUT2D eigenvalue weighted by molar-refractivity contribution is -0.126. The molecule has 0 fully saturated rings. The number of hydrogen-bond donors (Lipinski definition) is 0. The first-order valence-electron chi connectivity index (χ1n) is 6.16. The highest BCUT2D eigenvalue weighted by molar-refractivity contribution is 6.15. The third-order valence-corrected chi connectivity index (χ3v) is 2.76. The van der Waals surface area contributed by atoms with Crippen LogP contribution in [0.2, 0.25) is 0 Å². The van der Waals surface area contributed by atoms with Crippen molar-refractivity contribution in [3.05, 3.63) is 54.2 Å². The largest absolute Gasteiger partial charge is 0.463 e. The second kappa shape index (κ2) is 5.49. The number of carbonyl (C=O) groups is 2. The molecule has 7 nitrogen and oxygen atoms in total. The molecule has 104 valence electrons. The number of pyridine rings is 1. The molecule has 0 aliphatic carbocycles. The van der Waals surface area contributed by atoms with Gasteiger partial charge in [-0.15, -0.1) is 5.10 Å². The van der Waals surface area contributed by atoms with E-state index in [1.807, 2.05) is 0 Å². The van der Waals surface area contributed by atoms with E-state index in [2.05, 4.69) is 15.1 Å². The van der Waals surface area contributed by atoms with E-state index in [1.54, 1.807) is 12.1 Å². The third kappa shape index (κ3) is 2.76. The zero-order chi connectivity index (χ0) is 14.7. The molecule has 0 saturated carbocycles. The topological polar surface area (TPSA) is 88.1 Å². The van der Waals surface area contributed by atoms with Crippen LogP contribution in [-0.4, -0.2) is 33.9 Å². The quantitative estimate of drug-likeness (QED) is 0.616. The smallest absolute Gasteiger partial charge is 0.281 e. The Hall–Kier alpha value is -3.09. The predicted molar refractivity (Wildman–Crippen MR) is 73.8 cm³/mol. The summed E-state index contributed by atoms with van der Waals surface area (Å²) in [5.74, 6) is -0.100. The van der Waals surface area contributed by atoms with Crippen molar-refractivity contribution in [1.82, 2.24) is 9.99 Å². The number of furan rings is 1. The summed E-state index contributed by atoms with van der Waals surface area (Å²) in [6.07, 6.45) is 5.91. The van der Waals surface area contributed by atoms with Crippen LogP contribution < -0.4 is 0 Å². The van der Waals surface area contributed by atoms with Crippen LogP contribution in [0.4, 0.5) is 0 Å². The molecular formula is C14H10N4O3. The van der Waals surface area contributed by atoms with E-state index in [1.165, 1.54) is 37.0 Å². The average molecular weight is 282 g/mol. The van der Waals surface area contributed by atoms with Crippen LogP contribution in [0.5, 0.6) is 0 Å². The van der Waals surface area contributed by atoms with Crippen molar-refractivity contribution in [2.24, 2.45) is 10.1 Å². The van der Waals surface area contributed by atoms with E-state index in [-0.39, 0.29) is 12.3 Å². The molecule has 2 aromatic heterocycles. The molecule has 0 saturated heterocycles. The summed E-state index contributed by atoms with van der Waals surface area (Å²) in [4.78, 5) is 31.8. The molecule has 1 aliphatic rings. The van der Waals surface area contributed by atoms with E-state index < -0.39 is 11.8 Å². The van der Waals surface area contributed by atoms with Crippen molar-refractivity contribution in [3.63, 3.8) is 0 Å². The Morgan fingerprint density at radius 3 is 2.86 bits per heavy atom. The van der Waals surface area contributed by atoms with E-state index in [9.17, 15) is 9.59 Å². The molecule has 0 spiro atoms. The first kappa shape index (κ1) is 12.9. The lowest BCUT2D eigenvalue weighted by Gasteiger charge is -2.08. The lowest BCUT2D eigenvalue weighted by Crippen LogP contribution is -2.28. The minimum Gasteiger partial charge on any atom is -0.463 e. The van der Waals surface area contributed by atoms with Crippen LogP contribution in [0.3, 0.4) is 0 Å². The molecule has 0 radical (unpaired) electrons. The third-order valence-electron chi connectivity index (χ3n) is 2.76. The standard InChI is InChI=1S/C14H10N4O3/c19-13-8-12(16-9-11-2-1-7-21-11)17-18(13)14(20)10-3-5-15-6-4-10/h1-7,9H,8H2. The molecule has 0 unspecified atom stereocenters. The number of carbonyl (C=O) groups excluding carboxylic acids is 2. The second-order valence-electron chi connectivity index (χ2n) is 4.21. The highest BCUT2D eigenvalue weighted by Crippen LogP contribution is 2.13. The van der Waals surface area contributed by atoms with Gasteiger partial charge in [0.25, 0.3) is 11.8 Å². The Labute approximate surface area is 119 Å². The van der Waals surface area contributed by atoms with Crippen molar-refractivity contribution in [2.75, 3.05) is 0 Å². The van der Waals surface area contributed by atoms with Gasteiger partial charge in [0, 0.05) is 18.0 Å². The van der Waals surface area contributed by atoms with E-state index in [0.717, 1.165) is 5.01 Å². The molecule has 7 heteroatoms. The maximum Gasteiger partial charge on any atom is 0.281 e. The SMILES string of the molecule is O=C1CC(N=Cc2ccco2)=NN1C(=O)c1ccncc1. The Morgan fingerprint density at radius 1 is 1.33 bits per heavy atom. The monoisotopic (exact) mass is 282 g/mol. The summed E-state index contributed by atoms with van der Waals surface area (Å²) in [5.41, 5.74) is 0.346. The maximum absolute atomic E-state index is 12.1. The van der Waals surface area contributed by atoms with Gasteiger partial charge in [-0.1, -0.05) is 0 Å². The van der Waals surface area contributed by atoms with Crippen molar-refractivity contribution >= 4 is 23.9 Å². The normalized spacial score (nSPS) is 14.8. The van der Waals surface area contributed by atoms with Crippen LogP contribution in [0.1, 0.15) is 22.5 Å². The van der Waals surface area contributed by atoms with Crippen molar-refractivity contribution in [2.45, 2.75) is 6.42 Å². The molecule has 3 heterocycles. The Kier molecular flexibility index (Phi) is 3.38. The van der Waals surface area contributed by atoms with E-state index in [4.69, 9.17) is 4.42 Å². The lowest BCUT2D eigenvalue weighted by atomic mass is 10.2. The van der Waals surface area contributed by atoms with Crippen LogP contribution >= 0.6 is 0 Å². The first-order chi connectivity index (χ1) is 10.2. The number of amides is 2. The van der Waals surface area contributed by atoms with E-state index in [0.29, 0.717) is 11.3 Å². The maximum atomic E-state index is 12.1. The molecular weight excluding hydrogens is 272 g/mol. The number of hydrazone groups is 1. The molecule has 3 rings (SSSR count). The van der Waals surface area contributed by atoms with Gasteiger partial charge < -0.3 is 4.42 Å². The van der Waals surface area contributed by atoms with Gasteiger partial charge in [0.2, 0.25) is 0 Å². The minimum atomic E-state index is -0.495. The summed E-state index contributed by atoms with van der Waals surface area (Å²) in [6, 6.07) is 6.49. The summed E-state index contributed by atoms with van der Waals surface area (Å²) in [6.45, 7) is 0. The van der Waals surface area contributed by atoms with Crippen molar-refractivity contribution in [3.8, 4) is 0 Å². The van der Waals surface area contributed by atoms with Gasteiger partial charge in [-0.05, 0) is 24.3 Å². The Morgan fingerprint density at radius 2 is 2.14 bits per heavy atom. The van der Waals surface area contributed by atoms with Crippen LogP contribution in [-0.2, 0) is 4.79 Å². The fourth-order valence-corrected chi connectivity index (χ4v) is 1.77. The molecule has 2 aromatic rings. The highest BCUT2D eigenvalue weighted by atomic mass is 16.3. The number of nitrogens with zero attached hydrogens (tertiary/aromatic N) is 4. The second-order valence-corrected chi connectivity index (χ2v) is 4.21. The Balaban J connectivity index is 1.78. The fourth-order valence-electron chi connectivity index (χ4n) is 1.77. The molecule has 0 bridgehead atoms. The van der Waals surface area contributed by atoms with E-state index >= 15 is 0 Å². The van der Waals surface area contributed by atoms with Gasteiger partial charge in [-0.2, -0.15) is 5.01 Å². The Bertz CT molecular complexity index is 720. The number of imide groups is 1. The van der Waals surface area contributed by atoms with Crippen LogP contribution in [0, 0.1) is 0 Å². The number of hydrogen-bond acceptors (Lipinski definition) is 6. The highest BCUT2D eigenvalue weighted by Gasteiger charge is 2.29. The van der Waals surface area contributed by atoms with Gasteiger partial charge >= 0.3 is 0 Å². The van der Waals surface area contributed by atoms with Crippen LogP contribution in [0.25, 0.3) is 0 Å². The van der Waals surface area contributed by atoms with Gasteiger partial charge in [-0.25, -0.2) is 4.99 Å². The number of amidine groups is 1. The summed E-state index contributed by atoms with van der Waals surface area (Å²) < 4.78 is 5.09. The van der Waals surface area contributed by atoms with Crippen molar-refractivity contribution < 1.29 is 14.0 Å². The molecule has 0 N–H and O–H groups in total. The summed E-state index contributed by atoms with van der Waals surface area (Å²) in [5, 5.41) is 4.76. The summed E-state index contributed by atoms with van der Waals surface area (Å²) >= 11 is 0. The molecule has 21 heavy (non-hydrogen) atoms. The molecule has 1 aliphatic heterocycles. The molecule has 0 aromatic carbocycles. The van der Waals surface area contributed by atoms with Gasteiger partial charge in [0.15, 0.2) is 5.84 Å². The van der Waals surface area contributed by atoms with Crippen molar-refractivity contribution in [1.29, 1.82) is 0 Å². The molecule has 0 atom stereocenters.